The molecule has 0 unspecified atom stereocenters. The van der Waals surface area contributed by atoms with Gasteiger partial charge in [-0.2, -0.15) is 0 Å². The third-order valence-electron chi connectivity index (χ3n) is 3.28. The number of nitrogens with two attached hydrogens (primary N) is 1. The van der Waals surface area contributed by atoms with E-state index in [0.717, 1.165) is 37.0 Å². The molecule has 1 aliphatic rings. The van der Waals surface area contributed by atoms with Crippen molar-refractivity contribution < 1.29 is 8.42 Å². The summed E-state index contributed by atoms with van der Waals surface area (Å²) >= 11 is 6.80. The van der Waals surface area contributed by atoms with E-state index in [1.807, 2.05) is 0 Å². The summed E-state index contributed by atoms with van der Waals surface area (Å²) in [5.41, 5.74) is 5.80. The van der Waals surface area contributed by atoms with Crippen molar-refractivity contribution >= 4 is 45.4 Å². The summed E-state index contributed by atoms with van der Waals surface area (Å²) in [5, 5.41) is 0. The van der Waals surface area contributed by atoms with Crippen LogP contribution in [0.25, 0.3) is 0 Å². The van der Waals surface area contributed by atoms with Gasteiger partial charge in [-0.05, 0) is 25.0 Å². The number of sulfonamides is 1. The molecule has 0 radical (unpaired) electrons. The summed E-state index contributed by atoms with van der Waals surface area (Å²) in [6, 6.07) is 3.10. The Balaban J connectivity index is 0.00000180. The van der Waals surface area contributed by atoms with Crippen molar-refractivity contribution in [2.45, 2.75) is 41.9 Å². The van der Waals surface area contributed by atoms with Gasteiger partial charge in [0.15, 0.2) is 0 Å². The molecule has 0 amide bonds. The molecule has 1 fully saturated rings. The molecular formula is C11H18Cl2N2O2S2. The molecule has 1 saturated carbocycles. The van der Waals surface area contributed by atoms with E-state index in [-0.39, 0.29) is 16.6 Å². The van der Waals surface area contributed by atoms with Gasteiger partial charge in [0.25, 0.3) is 0 Å². The molecule has 1 aromatic heterocycles. The number of halogens is 2. The largest absolute Gasteiger partial charge is 0.324 e. The van der Waals surface area contributed by atoms with Crippen LogP contribution in [0.4, 0.5) is 0 Å². The summed E-state index contributed by atoms with van der Waals surface area (Å²) in [6.45, 7) is 0.296. The first-order valence-electron chi connectivity index (χ1n) is 5.95. The summed E-state index contributed by atoms with van der Waals surface area (Å²) in [4.78, 5) is 0. The lowest BCUT2D eigenvalue weighted by atomic mass is 9.83. The van der Waals surface area contributed by atoms with Gasteiger partial charge in [-0.15, -0.1) is 23.7 Å². The molecule has 0 spiro atoms. The Labute approximate surface area is 129 Å². The molecule has 0 bridgehead atoms. The SMILES string of the molecule is Cl.NC1(CNS(=O)(=O)c2ccc(Cl)s2)CCCCC1. The number of thiophene rings is 1. The zero-order valence-electron chi connectivity index (χ0n) is 10.4. The van der Waals surface area contributed by atoms with Crippen LogP contribution in [0.5, 0.6) is 0 Å². The Kier molecular flexibility index (Phi) is 6.10. The average molecular weight is 345 g/mol. The Morgan fingerprint density at radius 2 is 1.95 bits per heavy atom. The fourth-order valence-corrected chi connectivity index (χ4v) is 4.85. The molecule has 0 saturated heterocycles. The molecular weight excluding hydrogens is 327 g/mol. The molecule has 1 heterocycles. The zero-order chi connectivity index (χ0) is 13.2. The van der Waals surface area contributed by atoms with Gasteiger partial charge in [0, 0.05) is 12.1 Å². The summed E-state index contributed by atoms with van der Waals surface area (Å²) in [6.07, 6.45) is 5.08. The van der Waals surface area contributed by atoms with E-state index in [1.165, 1.54) is 12.5 Å². The van der Waals surface area contributed by atoms with Crippen LogP contribution in [0, 0.1) is 0 Å². The van der Waals surface area contributed by atoms with Gasteiger partial charge in [-0.1, -0.05) is 30.9 Å². The van der Waals surface area contributed by atoms with Gasteiger partial charge in [-0.3, -0.25) is 0 Å². The van der Waals surface area contributed by atoms with Gasteiger partial charge in [0.1, 0.15) is 4.21 Å². The molecule has 2 rings (SSSR count). The van der Waals surface area contributed by atoms with E-state index < -0.39 is 15.6 Å². The highest BCUT2D eigenvalue weighted by Crippen LogP contribution is 2.27. The topological polar surface area (TPSA) is 72.2 Å². The number of rotatable bonds is 4. The summed E-state index contributed by atoms with van der Waals surface area (Å²) < 4.78 is 27.3. The predicted molar refractivity (Wildman–Crippen MR) is 81.8 cm³/mol. The van der Waals surface area contributed by atoms with Crippen molar-refractivity contribution in [2.75, 3.05) is 6.54 Å². The first kappa shape index (κ1) is 17.2. The quantitative estimate of drug-likeness (QED) is 0.881. The van der Waals surface area contributed by atoms with Crippen molar-refractivity contribution in [3.05, 3.63) is 16.5 Å². The van der Waals surface area contributed by atoms with Crippen LogP contribution in [-0.4, -0.2) is 20.5 Å². The van der Waals surface area contributed by atoms with Crippen molar-refractivity contribution in [2.24, 2.45) is 5.73 Å². The number of nitrogens with one attached hydrogen (secondary N) is 1. The van der Waals surface area contributed by atoms with Crippen molar-refractivity contribution in [1.29, 1.82) is 0 Å². The molecule has 4 nitrogen and oxygen atoms in total. The monoisotopic (exact) mass is 344 g/mol. The third-order valence-corrected chi connectivity index (χ3v) is 6.40. The van der Waals surface area contributed by atoms with Crippen LogP contribution in [-0.2, 0) is 10.0 Å². The molecule has 8 heteroatoms. The normalized spacial score (nSPS) is 18.8. The highest BCUT2D eigenvalue weighted by molar-refractivity contribution is 7.91. The molecule has 0 aliphatic heterocycles. The molecule has 19 heavy (non-hydrogen) atoms. The summed E-state index contributed by atoms with van der Waals surface area (Å²) in [7, 11) is -3.47. The maximum absolute atomic E-state index is 12.0. The number of hydrogen-bond acceptors (Lipinski definition) is 4. The van der Waals surface area contributed by atoms with Crippen LogP contribution < -0.4 is 10.5 Å². The van der Waals surface area contributed by atoms with Gasteiger partial charge < -0.3 is 5.73 Å². The zero-order valence-corrected chi connectivity index (χ0v) is 13.6. The van der Waals surface area contributed by atoms with Crippen molar-refractivity contribution in [1.82, 2.24) is 4.72 Å². The van der Waals surface area contributed by atoms with E-state index in [4.69, 9.17) is 17.3 Å². The highest BCUT2D eigenvalue weighted by atomic mass is 35.5. The Morgan fingerprint density at radius 1 is 1.32 bits per heavy atom. The van der Waals surface area contributed by atoms with Crippen LogP contribution in [0.2, 0.25) is 4.34 Å². The minimum Gasteiger partial charge on any atom is -0.324 e. The number of hydrogen-bond donors (Lipinski definition) is 2. The average Bonchev–Trinajstić information content (AvgIpc) is 2.76. The Hall–Kier alpha value is 0.150. The minimum atomic E-state index is -3.47. The van der Waals surface area contributed by atoms with E-state index >= 15 is 0 Å². The standard InChI is InChI=1S/C11H17ClN2O2S2.ClH/c12-9-4-5-10(17-9)18(15,16)14-8-11(13)6-2-1-3-7-11;/h4-5,14H,1-3,6-8,13H2;1H. The molecule has 110 valence electrons. The second-order valence-corrected chi connectivity index (χ2v) is 8.52. The molecule has 1 aliphatic carbocycles. The first-order valence-corrected chi connectivity index (χ1v) is 8.63. The van der Waals surface area contributed by atoms with Crippen LogP contribution >= 0.6 is 35.3 Å². The molecule has 1 aromatic rings. The van der Waals surface area contributed by atoms with Gasteiger partial charge in [0.05, 0.1) is 4.34 Å². The maximum Gasteiger partial charge on any atom is 0.250 e. The Bertz CT molecular complexity index is 511. The van der Waals surface area contributed by atoms with Crippen LogP contribution in [0.3, 0.4) is 0 Å². The van der Waals surface area contributed by atoms with Crippen LogP contribution in [0.1, 0.15) is 32.1 Å². The summed E-state index contributed by atoms with van der Waals surface area (Å²) in [5.74, 6) is 0. The van der Waals surface area contributed by atoms with E-state index in [1.54, 1.807) is 6.07 Å². The Morgan fingerprint density at radius 3 is 2.47 bits per heavy atom. The first-order chi connectivity index (χ1) is 8.41. The maximum atomic E-state index is 12.0. The predicted octanol–water partition coefficient (Wildman–Crippen LogP) is 2.76. The van der Waals surface area contributed by atoms with Crippen molar-refractivity contribution in [3.8, 4) is 0 Å². The van der Waals surface area contributed by atoms with Gasteiger partial charge in [-0.25, -0.2) is 13.1 Å². The molecule has 0 atom stereocenters. The highest BCUT2D eigenvalue weighted by Gasteiger charge is 2.29. The fourth-order valence-electron chi connectivity index (χ4n) is 2.18. The lowest BCUT2D eigenvalue weighted by Crippen LogP contribution is -2.51. The second kappa shape index (κ2) is 6.74. The van der Waals surface area contributed by atoms with Crippen molar-refractivity contribution in [3.63, 3.8) is 0 Å². The third kappa shape index (κ3) is 4.58. The van der Waals surface area contributed by atoms with Crippen LogP contribution in [0.15, 0.2) is 16.3 Å². The second-order valence-electron chi connectivity index (χ2n) is 4.81. The fraction of sp³-hybridized carbons (Fsp3) is 0.636. The smallest absolute Gasteiger partial charge is 0.250 e. The molecule has 0 aromatic carbocycles. The molecule has 3 N–H and O–H groups in total. The minimum absolute atomic E-state index is 0. The van der Waals surface area contributed by atoms with E-state index in [9.17, 15) is 8.42 Å². The van der Waals surface area contributed by atoms with E-state index in [2.05, 4.69) is 4.72 Å². The lowest BCUT2D eigenvalue weighted by Gasteiger charge is -2.33. The van der Waals surface area contributed by atoms with Gasteiger partial charge >= 0.3 is 0 Å². The van der Waals surface area contributed by atoms with E-state index in [0.29, 0.717) is 10.9 Å². The lowest BCUT2D eigenvalue weighted by molar-refractivity contribution is 0.296. The van der Waals surface area contributed by atoms with Gasteiger partial charge in [0.2, 0.25) is 10.0 Å².